The molecule has 1 atom stereocenters. The molecule has 8 heteroatoms. The lowest BCUT2D eigenvalue weighted by molar-refractivity contribution is -0.130. The molecule has 2 N–H and O–H groups in total. The van der Waals surface area contributed by atoms with Gasteiger partial charge in [0.05, 0.1) is 10.7 Å². The number of aromatic nitrogens is 1. The monoisotopic (exact) mass is 389 g/mol. The van der Waals surface area contributed by atoms with E-state index in [2.05, 4.69) is 15.6 Å². The van der Waals surface area contributed by atoms with Crippen molar-refractivity contribution < 1.29 is 19.1 Å². The summed E-state index contributed by atoms with van der Waals surface area (Å²) in [6.07, 6.45) is 0.808. The number of carbonyl (C=O) groups is 3. The van der Waals surface area contributed by atoms with Gasteiger partial charge in [0.25, 0.3) is 5.91 Å². The molecule has 0 aliphatic heterocycles. The molecule has 2 amide bonds. The molecule has 0 spiro atoms. The number of hydrogen-bond acceptors (Lipinski definition) is 6. The number of aryl methyl sites for hydroxylation is 1. The number of benzene rings is 1. The Bertz CT molecular complexity index is 805. The van der Waals surface area contributed by atoms with Crippen LogP contribution in [0.15, 0.2) is 30.3 Å². The predicted molar refractivity (Wildman–Crippen MR) is 103 cm³/mol. The van der Waals surface area contributed by atoms with Crippen molar-refractivity contribution in [3.63, 3.8) is 0 Å². The molecule has 0 saturated heterocycles. The van der Waals surface area contributed by atoms with Crippen molar-refractivity contribution in [2.24, 2.45) is 0 Å². The molecule has 0 unspecified atom stereocenters. The van der Waals surface area contributed by atoms with Crippen molar-refractivity contribution in [1.29, 1.82) is 0 Å². The number of rotatable bonds is 8. The maximum Gasteiger partial charge on any atom is 0.351 e. The van der Waals surface area contributed by atoms with Crippen LogP contribution in [0.4, 0.5) is 0 Å². The van der Waals surface area contributed by atoms with Crippen molar-refractivity contribution in [1.82, 2.24) is 15.6 Å². The first-order chi connectivity index (χ1) is 12.9. The molecule has 1 aromatic carbocycles. The van der Waals surface area contributed by atoms with Gasteiger partial charge in [0.1, 0.15) is 10.9 Å². The first-order valence-electron chi connectivity index (χ1n) is 8.69. The summed E-state index contributed by atoms with van der Waals surface area (Å²) in [5, 5.41) is 5.92. The van der Waals surface area contributed by atoms with Gasteiger partial charge in [0.15, 0.2) is 6.61 Å². The van der Waals surface area contributed by atoms with Crippen LogP contribution in [0.1, 0.15) is 34.9 Å². The van der Waals surface area contributed by atoms with Crippen molar-refractivity contribution >= 4 is 29.1 Å². The molecule has 27 heavy (non-hydrogen) atoms. The van der Waals surface area contributed by atoms with E-state index >= 15 is 0 Å². The summed E-state index contributed by atoms with van der Waals surface area (Å²) in [5.41, 5.74) is 1.34. The second-order valence-electron chi connectivity index (χ2n) is 5.93. The van der Waals surface area contributed by atoms with E-state index in [1.54, 1.807) is 13.8 Å². The molecule has 0 fully saturated rings. The highest BCUT2D eigenvalue weighted by Crippen LogP contribution is 2.28. The number of carbonyl (C=O) groups excluding carboxylic acids is 3. The van der Waals surface area contributed by atoms with E-state index in [1.807, 2.05) is 37.3 Å². The quantitative estimate of drug-likeness (QED) is 0.675. The summed E-state index contributed by atoms with van der Waals surface area (Å²) in [6.45, 7) is 5.40. The average molecular weight is 389 g/mol. The Kier molecular flexibility index (Phi) is 7.48. The molecule has 2 rings (SSSR count). The molecule has 0 aliphatic carbocycles. The summed E-state index contributed by atoms with van der Waals surface area (Å²) in [4.78, 5) is 40.9. The minimum absolute atomic E-state index is 0.277. The lowest BCUT2D eigenvalue weighted by Gasteiger charge is -2.13. The number of thiazole rings is 1. The topological polar surface area (TPSA) is 97.4 Å². The highest BCUT2D eigenvalue weighted by atomic mass is 32.1. The lowest BCUT2D eigenvalue weighted by atomic mass is 10.1. The van der Waals surface area contributed by atoms with Gasteiger partial charge in [-0.2, -0.15) is 0 Å². The second kappa shape index (κ2) is 9.82. The van der Waals surface area contributed by atoms with E-state index in [-0.39, 0.29) is 5.91 Å². The van der Waals surface area contributed by atoms with E-state index in [9.17, 15) is 14.4 Å². The third kappa shape index (κ3) is 5.89. The molecular weight excluding hydrogens is 366 g/mol. The maximum atomic E-state index is 12.4. The first-order valence-corrected chi connectivity index (χ1v) is 9.51. The van der Waals surface area contributed by atoms with Gasteiger partial charge in [-0.05, 0) is 20.3 Å². The van der Waals surface area contributed by atoms with Gasteiger partial charge in [-0.1, -0.05) is 37.3 Å². The highest BCUT2D eigenvalue weighted by molar-refractivity contribution is 7.14. The van der Waals surface area contributed by atoms with Crippen LogP contribution < -0.4 is 10.6 Å². The summed E-state index contributed by atoms with van der Waals surface area (Å²) in [5.74, 6) is -1.43. The maximum absolute atomic E-state index is 12.4. The molecular formula is C19H23N3O4S. The zero-order valence-corrected chi connectivity index (χ0v) is 16.4. The van der Waals surface area contributed by atoms with Gasteiger partial charge in [0.2, 0.25) is 5.91 Å². The minimum Gasteiger partial charge on any atom is -0.451 e. The Morgan fingerprint density at radius 3 is 2.59 bits per heavy atom. The van der Waals surface area contributed by atoms with Crippen molar-refractivity contribution in [2.45, 2.75) is 33.2 Å². The van der Waals surface area contributed by atoms with E-state index < -0.39 is 24.5 Å². The van der Waals surface area contributed by atoms with E-state index in [0.717, 1.165) is 17.0 Å². The van der Waals surface area contributed by atoms with Crippen LogP contribution in [0.2, 0.25) is 0 Å². The molecule has 0 bridgehead atoms. The molecule has 0 saturated carbocycles. The van der Waals surface area contributed by atoms with Crippen molar-refractivity contribution in [3.05, 3.63) is 40.2 Å². The van der Waals surface area contributed by atoms with Crippen LogP contribution in [0, 0.1) is 6.92 Å². The fourth-order valence-electron chi connectivity index (χ4n) is 2.30. The van der Waals surface area contributed by atoms with Crippen LogP contribution in [0.3, 0.4) is 0 Å². The normalized spacial score (nSPS) is 11.5. The molecule has 144 valence electrons. The SMILES string of the molecule is CCCNC(=O)[C@@H](C)NC(=O)COC(=O)c1sc(C)nc1-c1ccccc1. The number of amides is 2. The molecule has 0 radical (unpaired) electrons. The van der Waals surface area contributed by atoms with Gasteiger partial charge in [0, 0.05) is 12.1 Å². The standard InChI is InChI=1S/C19H23N3O4S/c1-4-10-20-18(24)12(2)21-15(23)11-26-19(25)17-16(22-13(3)27-17)14-8-6-5-7-9-14/h5-9,12H,4,10-11H2,1-3H3,(H,20,24)(H,21,23)/t12-/m1/s1. The Balaban J connectivity index is 1.95. The van der Waals surface area contributed by atoms with E-state index in [1.165, 1.54) is 11.3 Å². The van der Waals surface area contributed by atoms with Gasteiger partial charge < -0.3 is 15.4 Å². The zero-order valence-electron chi connectivity index (χ0n) is 15.6. The smallest absolute Gasteiger partial charge is 0.351 e. The second-order valence-corrected chi connectivity index (χ2v) is 7.14. The molecule has 1 aromatic heterocycles. The van der Waals surface area contributed by atoms with Crippen LogP contribution in [-0.4, -0.2) is 42.0 Å². The highest BCUT2D eigenvalue weighted by Gasteiger charge is 2.21. The molecule has 7 nitrogen and oxygen atoms in total. The summed E-state index contributed by atoms with van der Waals surface area (Å²) >= 11 is 1.22. The van der Waals surface area contributed by atoms with E-state index in [0.29, 0.717) is 17.1 Å². The summed E-state index contributed by atoms with van der Waals surface area (Å²) < 4.78 is 5.11. The van der Waals surface area contributed by atoms with Crippen molar-refractivity contribution in [2.75, 3.05) is 13.2 Å². The molecule has 1 heterocycles. The fraction of sp³-hybridized carbons (Fsp3) is 0.368. The largest absolute Gasteiger partial charge is 0.451 e. The van der Waals surface area contributed by atoms with Crippen LogP contribution in [0.5, 0.6) is 0 Å². The minimum atomic E-state index is -0.701. The number of hydrogen-bond donors (Lipinski definition) is 2. The van der Waals surface area contributed by atoms with Gasteiger partial charge in [-0.25, -0.2) is 9.78 Å². The Morgan fingerprint density at radius 1 is 1.22 bits per heavy atom. The van der Waals surface area contributed by atoms with Gasteiger partial charge in [-0.15, -0.1) is 11.3 Å². The number of nitrogens with zero attached hydrogens (tertiary/aromatic N) is 1. The Labute approximate surface area is 162 Å². The lowest BCUT2D eigenvalue weighted by Crippen LogP contribution is -2.46. The molecule has 2 aromatic rings. The fourth-order valence-corrected chi connectivity index (χ4v) is 3.14. The van der Waals surface area contributed by atoms with Gasteiger partial charge in [-0.3, -0.25) is 9.59 Å². The van der Waals surface area contributed by atoms with Gasteiger partial charge >= 0.3 is 5.97 Å². The Morgan fingerprint density at radius 2 is 1.93 bits per heavy atom. The third-order valence-corrected chi connectivity index (χ3v) is 4.57. The van der Waals surface area contributed by atoms with Crippen LogP contribution in [0.25, 0.3) is 11.3 Å². The van der Waals surface area contributed by atoms with Crippen LogP contribution in [-0.2, 0) is 14.3 Å². The average Bonchev–Trinajstić information content (AvgIpc) is 3.06. The number of esters is 1. The number of nitrogens with one attached hydrogen (secondary N) is 2. The Hall–Kier alpha value is -2.74. The third-order valence-electron chi connectivity index (χ3n) is 3.62. The zero-order chi connectivity index (χ0) is 19.8. The van der Waals surface area contributed by atoms with Crippen LogP contribution >= 0.6 is 11.3 Å². The molecule has 0 aliphatic rings. The van der Waals surface area contributed by atoms with Crippen molar-refractivity contribution in [3.8, 4) is 11.3 Å². The summed E-state index contributed by atoms with van der Waals surface area (Å²) in [6, 6.07) is 8.61. The van der Waals surface area contributed by atoms with E-state index in [4.69, 9.17) is 4.74 Å². The number of ether oxygens (including phenoxy) is 1. The predicted octanol–water partition coefficient (Wildman–Crippen LogP) is 2.31. The summed E-state index contributed by atoms with van der Waals surface area (Å²) in [7, 11) is 0. The first kappa shape index (κ1) is 20.6.